The zero-order valence-corrected chi connectivity index (χ0v) is 14.8. The molecule has 0 fully saturated rings. The molecule has 2 rings (SSSR count). The fourth-order valence-electron chi connectivity index (χ4n) is 2.00. The van der Waals surface area contributed by atoms with Crippen LogP contribution < -0.4 is 5.32 Å². The summed E-state index contributed by atoms with van der Waals surface area (Å²) in [7, 11) is 0. The topological polar surface area (TPSA) is 72.5 Å². The first-order valence-electron chi connectivity index (χ1n) is 7.26. The molecule has 1 N–H and O–H groups in total. The molecule has 5 nitrogen and oxygen atoms in total. The smallest absolute Gasteiger partial charge is 0.338 e. The van der Waals surface area contributed by atoms with Crippen LogP contribution in [0.1, 0.15) is 34.6 Å². The number of para-hydroxylation sites is 1. The van der Waals surface area contributed by atoms with Crippen molar-refractivity contribution in [3.8, 4) is 0 Å². The number of carbonyl (C=O) groups excluding carboxylic acids is 3. The zero-order chi connectivity index (χ0) is 17.7. The van der Waals surface area contributed by atoms with Crippen molar-refractivity contribution in [1.29, 1.82) is 0 Å². The summed E-state index contributed by atoms with van der Waals surface area (Å²) in [5, 5.41) is 2.61. The number of ether oxygens (including phenoxy) is 1. The van der Waals surface area contributed by atoms with Gasteiger partial charge in [-0.3, -0.25) is 9.59 Å². The maximum absolute atomic E-state index is 12.2. The number of rotatable bonds is 5. The minimum Gasteiger partial charge on any atom is -0.449 e. The van der Waals surface area contributed by atoms with Crippen molar-refractivity contribution in [3.05, 3.63) is 64.1 Å². The van der Waals surface area contributed by atoms with E-state index in [9.17, 15) is 14.4 Å². The minimum absolute atomic E-state index is 0.162. The maximum atomic E-state index is 12.2. The molecule has 124 valence electrons. The van der Waals surface area contributed by atoms with Crippen molar-refractivity contribution in [3.63, 3.8) is 0 Å². The van der Waals surface area contributed by atoms with E-state index in [4.69, 9.17) is 4.74 Å². The first kappa shape index (κ1) is 17.9. The van der Waals surface area contributed by atoms with E-state index in [1.807, 2.05) is 0 Å². The van der Waals surface area contributed by atoms with E-state index in [2.05, 4.69) is 21.2 Å². The van der Waals surface area contributed by atoms with Crippen molar-refractivity contribution >= 4 is 39.3 Å². The third-order valence-corrected chi connectivity index (χ3v) is 3.83. The van der Waals surface area contributed by atoms with Crippen molar-refractivity contribution in [2.45, 2.75) is 20.0 Å². The SMILES string of the molecule is CC(=O)c1ccccc1NC(=O)C(C)OC(=O)c1ccc(Br)cc1. The number of benzene rings is 2. The first-order valence-corrected chi connectivity index (χ1v) is 8.05. The summed E-state index contributed by atoms with van der Waals surface area (Å²) in [6.45, 7) is 2.89. The molecule has 0 aliphatic carbocycles. The lowest BCUT2D eigenvalue weighted by Gasteiger charge is -2.15. The van der Waals surface area contributed by atoms with E-state index in [0.29, 0.717) is 16.8 Å². The zero-order valence-electron chi connectivity index (χ0n) is 13.2. The summed E-state index contributed by atoms with van der Waals surface area (Å²) in [5.41, 5.74) is 1.14. The van der Waals surface area contributed by atoms with Gasteiger partial charge in [0.15, 0.2) is 11.9 Å². The summed E-state index contributed by atoms with van der Waals surface area (Å²) in [6, 6.07) is 13.3. The molecule has 6 heteroatoms. The Labute approximate surface area is 148 Å². The Morgan fingerprint density at radius 3 is 2.29 bits per heavy atom. The quantitative estimate of drug-likeness (QED) is 0.622. The van der Waals surface area contributed by atoms with E-state index in [-0.39, 0.29) is 5.78 Å². The number of nitrogens with one attached hydrogen (secondary N) is 1. The van der Waals surface area contributed by atoms with Gasteiger partial charge in [0.25, 0.3) is 5.91 Å². The van der Waals surface area contributed by atoms with Gasteiger partial charge in [-0.15, -0.1) is 0 Å². The molecule has 1 unspecified atom stereocenters. The predicted molar refractivity (Wildman–Crippen MR) is 94.1 cm³/mol. The average molecular weight is 390 g/mol. The molecule has 1 amide bonds. The second kappa shape index (κ2) is 7.88. The highest BCUT2D eigenvalue weighted by Crippen LogP contribution is 2.17. The summed E-state index contributed by atoms with van der Waals surface area (Å²) in [6.07, 6.45) is -0.999. The highest BCUT2D eigenvalue weighted by molar-refractivity contribution is 9.10. The van der Waals surface area contributed by atoms with Crippen LogP contribution in [0.4, 0.5) is 5.69 Å². The van der Waals surface area contributed by atoms with Crippen LogP contribution >= 0.6 is 15.9 Å². The van der Waals surface area contributed by atoms with Gasteiger partial charge in [0, 0.05) is 10.0 Å². The van der Waals surface area contributed by atoms with Gasteiger partial charge < -0.3 is 10.1 Å². The van der Waals surface area contributed by atoms with Gasteiger partial charge in [-0.25, -0.2) is 4.79 Å². The van der Waals surface area contributed by atoms with Crippen LogP contribution in [-0.4, -0.2) is 23.8 Å². The Kier molecular flexibility index (Phi) is 5.87. The van der Waals surface area contributed by atoms with Gasteiger partial charge in [0.05, 0.1) is 11.3 Å². The fraction of sp³-hybridized carbons (Fsp3) is 0.167. The normalized spacial score (nSPS) is 11.5. The number of hydrogen-bond donors (Lipinski definition) is 1. The second-order valence-electron chi connectivity index (χ2n) is 5.15. The monoisotopic (exact) mass is 389 g/mol. The Morgan fingerprint density at radius 1 is 1.04 bits per heavy atom. The largest absolute Gasteiger partial charge is 0.449 e. The van der Waals surface area contributed by atoms with E-state index in [1.165, 1.54) is 13.8 Å². The molecule has 0 radical (unpaired) electrons. The number of ketones is 1. The number of esters is 1. The third-order valence-electron chi connectivity index (χ3n) is 3.30. The molecule has 0 saturated heterocycles. The highest BCUT2D eigenvalue weighted by atomic mass is 79.9. The Morgan fingerprint density at radius 2 is 1.67 bits per heavy atom. The second-order valence-corrected chi connectivity index (χ2v) is 6.06. The van der Waals surface area contributed by atoms with Crippen molar-refractivity contribution in [1.82, 2.24) is 0 Å². The average Bonchev–Trinajstić information content (AvgIpc) is 2.55. The first-order chi connectivity index (χ1) is 11.4. The fourth-order valence-corrected chi connectivity index (χ4v) is 2.27. The predicted octanol–water partition coefficient (Wildman–Crippen LogP) is 3.84. The molecule has 24 heavy (non-hydrogen) atoms. The third kappa shape index (κ3) is 4.52. The van der Waals surface area contributed by atoms with Crippen LogP contribution in [0.3, 0.4) is 0 Å². The molecule has 1 atom stereocenters. The van der Waals surface area contributed by atoms with Gasteiger partial charge in [0.2, 0.25) is 0 Å². The highest BCUT2D eigenvalue weighted by Gasteiger charge is 2.20. The van der Waals surface area contributed by atoms with Gasteiger partial charge >= 0.3 is 5.97 Å². The molecule has 0 bridgehead atoms. The standard InChI is InChI=1S/C18H16BrNO4/c1-11(21)15-5-3-4-6-16(15)20-17(22)12(2)24-18(23)13-7-9-14(19)10-8-13/h3-10,12H,1-2H3,(H,20,22). The summed E-state index contributed by atoms with van der Waals surface area (Å²) < 4.78 is 6.00. The number of halogens is 1. The lowest BCUT2D eigenvalue weighted by molar-refractivity contribution is -0.123. The van der Waals surface area contributed by atoms with Crippen LogP contribution in [-0.2, 0) is 9.53 Å². The van der Waals surface area contributed by atoms with Crippen LogP contribution in [0, 0.1) is 0 Å². The molecule has 0 aliphatic heterocycles. The Bertz CT molecular complexity index is 771. The number of amides is 1. The van der Waals surface area contributed by atoms with Crippen LogP contribution in [0.5, 0.6) is 0 Å². The van der Waals surface area contributed by atoms with Crippen molar-refractivity contribution in [2.24, 2.45) is 0 Å². The lowest BCUT2D eigenvalue weighted by atomic mass is 10.1. The number of hydrogen-bond acceptors (Lipinski definition) is 4. The Balaban J connectivity index is 2.04. The summed E-state index contributed by atoms with van der Waals surface area (Å²) in [5.74, 6) is -1.26. The van der Waals surface area contributed by atoms with Gasteiger partial charge in [-0.1, -0.05) is 28.1 Å². The van der Waals surface area contributed by atoms with Crippen molar-refractivity contribution in [2.75, 3.05) is 5.32 Å². The van der Waals surface area contributed by atoms with Gasteiger partial charge in [0.1, 0.15) is 0 Å². The van der Waals surface area contributed by atoms with E-state index >= 15 is 0 Å². The van der Waals surface area contributed by atoms with E-state index in [0.717, 1.165) is 4.47 Å². The molecule has 0 spiro atoms. The van der Waals surface area contributed by atoms with Gasteiger partial charge in [-0.05, 0) is 50.2 Å². The lowest BCUT2D eigenvalue weighted by Crippen LogP contribution is -2.30. The van der Waals surface area contributed by atoms with E-state index in [1.54, 1.807) is 48.5 Å². The molecule has 0 saturated carbocycles. The van der Waals surface area contributed by atoms with Gasteiger partial charge in [-0.2, -0.15) is 0 Å². The molecular formula is C18H16BrNO4. The molecule has 2 aromatic rings. The summed E-state index contributed by atoms with van der Waals surface area (Å²) in [4.78, 5) is 35.8. The number of carbonyl (C=O) groups is 3. The maximum Gasteiger partial charge on any atom is 0.338 e. The Hall–Kier alpha value is -2.47. The summed E-state index contributed by atoms with van der Waals surface area (Å²) >= 11 is 3.28. The molecule has 2 aromatic carbocycles. The number of Topliss-reactive ketones (excluding diaryl/α,β-unsaturated/α-hetero) is 1. The molecule has 0 aliphatic rings. The molecular weight excluding hydrogens is 374 g/mol. The van der Waals surface area contributed by atoms with E-state index < -0.39 is 18.0 Å². The van der Waals surface area contributed by atoms with Crippen LogP contribution in [0.25, 0.3) is 0 Å². The van der Waals surface area contributed by atoms with Crippen molar-refractivity contribution < 1.29 is 19.1 Å². The number of anilines is 1. The minimum atomic E-state index is -0.999. The van der Waals surface area contributed by atoms with Crippen LogP contribution in [0.2, 0.25) is 0 Å². The molecule has 0 aromatic heterocycles. The molecule has 0 heterocycles. The van der Waals surface area contributed by atoms with Crippen LogP contribution in [0.15, 0.2) is 53.0 Å².